The second-order valence-electron chi connectivity index (χ2n) is 5.92. The quantitative estimate of drug-likeness (QED) is 0.808. The van der Waals surface area contributed by atoms with E-state index in [0.29, 0.717) is 38.5 Å². The maximum Gasteiger partial charge on any atom is 0.409 e. The molecule has 1 aliphatic rings. The predicted octanol–water partition coefficient (Wildman–Crippen LogP) is 1.29. The standard InChI is InChI=1S/C18H19FN4O4/c1-2-27-18(26)22-11-9-21(10-12-22)17(25)15-7-8-16(24)23(20-15)14-5-3-13(19)4-6-14/h3-8H,2,9-12H2,1H3. The van der Waals surface area contributed by atoms with Crippen LogP contribution in [-0.2, 0) is 4.74 Å². The number of nitrogens with zero attached hydrogens (tertiary/aromatic N) is 4. The third-order valence-electron chi connectivity index (χ3n) is 4.18. The molecular formula is C18H19FN4O4. The predicted molar refractivity (Wildman–Crippen MR) is 94.3 cm³/mol. The third-order valence-corrected chi connectivity index (χ3v) is 4.18. The number of carbonyl (C=O) groups is 2. The number of carbonyl (C=O) groups excluding carboxylic acids is 2. The van der Waals surface area contributed by atoms with Crippen molar-refractivity contribution in [3.05, 3.63) is 58.3 Å². The van der Waals surface area contributed by atoms with E-state index in [2.05, 4.69) is 5.10 Å². The summed E-state index contributed by atoms with van der Waals surface area (Å²) in [5.74, 6) is -0.770. The molecule has 0 saturated carbocycles. The minimum absolute atomic E-state index is 0.100. The van der Waals surface area contributed by atoms with Crippen LogP contribution in [0.4, 0.5) is 9.18 Å². The van der Waals surface area contributed by atoms with E-state index in [4.69, 9.17) is 4.74 Å². The van der Waals surface area contributed by atoms with Crippen LogP contribution in [0.25, 0.3) is 5.69 Å². The zero-order valence-electron chi connectivity index (χ0n) is 14.8. The lowest BCUT2D eigenvalue weighted by molar-refractivity contribution is 0.0564. The first kappa shape index (κ1) is 18.6. The summed E-state index contributed by atoms with van der Waals surface area (Å²) in [5, 5.41) is 4.12. The van der Waals surface area contributed by atoms with Crippen molar-refractivity contribution in [2.75, 3.05) is 32.8 Å². The summed E-state index contributed by atoms with van der Waals surface area (Å²) in [5.41, 5.74) is 0.0389. The maximum absolute atomic E-state index is 13.1. The lowest BCUT2D eigenvalue weighted by Crippen LogP contribution is -2.51. The molecule has 3 rings (SSSR count). The molecule has 0 atom stereocenters. The van der Waals surface area contributed by atoms with Crippen LogP contribution in [0, 0.1) is 5.82 Å². The van der Waals surface area contributed by atoms with E-state index in [0.717, 1.165) is 4.68 Å². The lowest BCUT2D eigenvalue weighted by Gasteiger charge is -2.33. The number of piperazine rings is 1. The fourth-order valence-electron chi connectivity index (χ4n) is 2.76. The molecule has 2 aromatic rings. The Labute approximate surface area is 154 Å². The van der Waals surface area contributed by atoms with Gasteiger partial charge in [0, 0.05) is 32.2 Å². The Morgan fingerprint density at radius 1 is 1.04 bits per heavy atom. The zero-order valence-corrected chi connectivity index (χ0v) is 14.8. The number of hydrogen-bond donors (Lipinski definition) is 0. The molecule has 1 aromatic heterocycles. The van der Waals surface area contributed by atoms with Crippen molar-refractivity contribution in [2.45, 2.75) is 6.92 Å². The van der Waals surface area contributed by atoms with E-state index in [-0.39, 0.29) is 11.6 Å². The molecule has 8 nitrogen and oxygen atoms in total. The van der Waals surface area contributed by atoms with Gasteiger partial charge in [0.05, 0.1) is 12.3 Å². The van der Waals surface area contributed by atoms with E-state index < -0.39 is 17.5 Å². The molecule has 27 heavy (non-hydrogen) atoms. The van der Waals surface area contributed by atoms with E-state index in [1.165, 1.54) is 36.4 Å². The van der Waals surface area contributed by atoms with Crippen molar-refractivity contribution in [2.24, 2.45) is 0 Å². The summed E-state index contributed by atoms with van der Waals surface area (Å²) in [4.78, 5) is 39.6. The number of rotatable bonds is 3. The molecule has 0 unspecified atom stereocenters. The second-order valence-corrected chi connectivity index (χ2v) is 5.92. The van der Waals surface area contributed by atoms with Crippen molar-refractivity contribution in [3.8, 4) is 5.69 Å². The van der Waals surface area contributed by atoms with Crippen molar-refractivity contribution in [3.63, 3.8) is 0 Å². The highest BCUT2D eigenvalue weighted by Crippen LogP contribution is 2.10. The van der Waals surface area contributed by atoms with Gasteiger partial charge in [-0.3, -0.25) is 9.59 Å². The van der Waals surface area contributed by atoms with Crippen LogP contribution >= 0.6 is 0 Å². The summed E-state index contributed by atoms with van der Waals surface area (Å²) >= 11 is 0. The minimum Gasteiger partial charge on any atom is -0.450 e. The van der Waals surface area contributed by atoms with Crippen LogP contribution in [0.5, 0.6) is 0 Å². The van der Waals surface area contributed by atoms with Crippen molar-refractivity contribution in [1.29, 1.82) is 0 Å². The van der Waals surface area contributed by atoms with Crippen LogP contribution < -0.4 is 5.56 Å². The van der Waals surface area contributed by atoms with Crippen LogP contribution in [0.3, 0.4) is 0 Å². The summed E-state index contributed by atoms with van der Waals surface area (Å²) in [6.45, 7) is 3.45. The molecule has 0 bridgehead atoms. The smallest absolute Gasteiger partial charge is 0.409 e. The SMILES string of the molecule is CCOC(=O)N1CCN(C(=O)c2ccc(=O)n(-c3ccc(F)cc3)n2)CC1. The number of ether oxygens (including phenoxy) is 1. The molecule has 0 radical (unpaired) electrons. The topological polar surface area (TPSA) is 84.7 Å². The van der Waals surface area contributed by atoms with Crippen LogP contribution in [-0.4, -0.2) is 64.4 Å². The number of benzene rings is 1. The number of aromatic nitrogens is 2. The van der Waals surface area contributed by atoms with Crippen LogP contribution in [0.1, 0.15) is 17.4 Å². The van der Waals surface area contributed by atoms with Crippen LogP contribution in [0.2, 0.25) is 0 Å². The number of amides is 2. The van der Waals surface area contributed by atoms with Gasteiger partial charge < -0.3 is 14.5 Å². The van der Waals surface area contributed by atoms with E-state index >= 15 is 0 Å². The van der Waals surface area contributed by atoms with E-state index in [1.54, 1.807) is 16.7 Å². The molecule has 1 aromatic carbocycles. The first-order chi connectivity index (χ1) is 13.0. The highest BCUT2D eigenvalue weighted by Gasteiger charge is 2.26. The molecule has 142 valence electrons. The molecule has 1 fully saturated rings. The number of halogens is 1. The van der Waals surface area contributed by atoms with Gasteiger partial charge in [-0.1, -0.05) is 0 Å². The number of hydrogen-bond acceptors (Lipinski definition) is 5. The normalized spacial score (nSPS) is 14.1. The summed E-state index contributed by atoms with van der Waals surface area (Å²) in [6, 6.07) is 7.87. The van der Waals surface area contributed by atoms with Crippen molar-refractivity contribution >= 4 is 12.0 Å². The maximum atomic E-state index is 13.1. The van der Waals surface area contributed by atoms with Crippen molar-refractivity contribution in [1.82, 2.24) is 19.6 Å². The van der Waals surface area contributed by atoms with Crippen molar-refractivity contribution < 1.29 is 18.7 Å². The van der Waals surface area contributed by atoms with Gasteiger partial charge in [0.25, 0.3) is 11.5 Å². The van der Waals surface area contributed by atoms with Crippen LogP contribution in [0.15, 0.2) is 41.2 Å². The van der Waals surface area contributed by atoms with E-state index in [1.807, 2.05) is 0 Å². The summed E-state index contributed by atoms with van der Waals surface area (Å²) in [7, 11) is 0. The van der Waals surface area contributed by atoms with Gasteiger partial charge in [0.1, 0.15) is 11.5 Å². The Balaban J connectivity index is 1.74. The summed E-state index contributed by atoms with van der Waals surface area (Å²) < 4.78 is 19.1. The highest BCUT2D eigenvalue weighted by molar-refractivity contribution is 5.92. The fraction of sp³-hybridized carbons (Fsp3) is 0.333. The van der Waals surface area contributed by atoms with Gasteiger partial charge in [-0.25, -0.2) is 9.18 Å². The molecule has 9 heteroatoms. The molecule has 2 heterocycles. The van der Waals surface area contributed by atoms with Gasteiger partial charge in [-0.2, -0.15) is 9.78 Å². The Kier molecular flexibility index (Phi) is 5.49. The first-order valence-corrected chi connectivity index (χ1v) is 8.57. The zero-order chi connectivity index (χ0) is 19.4. The van der Waals surface area contributed by atoms with Gasteiger partial charge in [-0.15, -0.1) is 0 Å². The Morgan fingerprint density at radius 3 is 2.30 bits per heavy atom. The second kappa shape index (κ2) is 7.98. The molecule has 2 amide bonds. The molecule has 1 aliphatic heterocycles. The molecule has 1 saturated heterocycles. The van der Waals surface area contributed by atoms with Gasteiger partial charge >= 0.3 is 6.09 Å². The Bertz CT molecular complexity index is 889. The lowest BCUT2D eigenvalue weighted by atomic mass is 10.2. The largest absolute Gasteiger partial charge is 0.450 e. The van der Waals surface area contributed by atoms with Gasteiger partial charge in [0.15, 0.2) is 0 Å². The molecule has 0 spiro atoms. The van der Waals surface area contributed by atoms with Gasteiger partial charge in [0.2, 0.25) is 0 Å². The third kappa shape index (κ3) is 4.13. The minimum atomic E-state index is -0.432. The Hall–Kier alpha value is -3.23. The molecule has 0 N–H and O–H groups in total. The van der Waals surface area contributed by atoms with Gasteiger partial charge in [-0.05, 0) is 37.3 Å². The fourth-order valence-corrected chi connectivity index (χ4v) is 2.76. The monoisotopic (exact) mass is 374 g/mol. The van der Waals surface area contributed by atoms with E-state index in [9.17, 15) is 18.8 Å². The average molecular weight is 374 g/mol. The Morgan fingerprint density at radius 2 is 1.67 bits per heavy atom. The summed E-state index contributed by atoms with van der Waals surface area (Å²) in [6.07, 6.45) is -0.396. The average Bonchev–Trinajstić information content (AvgIpc) is 2.69. The molecular weight excluding hydrogens is 355 g/mol. The molecule has 0 aliphatic carbocycles. The first-order valence-electron chi connectivity index (χ1n) is 8.57. The highest BCUT2D eigenvalue weighted by atomic mass is 19.1.